The number of hydrogen-bond acceptors (Lipinski definition) is 3. The van der Waals surface area contributed by atoms with Gasteiger partial charge in [-0.15, -0.1) is 0 Å². The summed E-state index contributed by atoms with van der Waals surface area (Å²) in [5.74, 6) is 0.0907. The fourth-order valence-corrected chi connectivity index (χ4v) is 3.79. The van der Waals surface area contributed by atoms with Gasteiger partial charge in [0.25, 0.3) is 10.2 Å². The molecule has 17 heavy (non-hydrogen) atoms. The van der Waals surface area contributed by atoms with E-state index in [2.05, 4.69) is 10.0 Å². The summed E-state index contributed by atoms with van der Waals surface area (Å²) in [6.45, 7) is 3.88. The van der Waals surface area contributed by atoms with Gasteiger partial charge in [0.15, 0.2) is 0 Å². The van der Waals surface area contributed by atoms with Gasteiger partial charge < -0.3 is 5.32 Å². The van der Waals surface area contributed by atoms with Crippen LogP contribution < -0.4 is 10.0 Å². The highest BCUT2D eigenvalue weighted by Crippen LogP contribution is 2.37. The normalized spacial score (nSPS) is 25.1. The van der Waals surface area contributed by atoms with Gasteiger partial charge >= 0.3 is 0 Å². The van der Waals surface area contributed by atoms with E-state index in [4.69, 9.17) is 0 Å². The molecule has 0 aromatic carbocycles. The summed E-state index contributed by atoms with van der Waals surface area (Å²) in [5.41, 5.74) is -0.00464. The maximum atomic E-state index is 11.8. The van der Waals surface area contributed by atoms with Crippen LogP contribution in [-0.2, 0) is 15.0 Å². The molecule has 0 aromatic heterocycles. The molecule has 0 saturated carbocycles. The molecule has 7 heteroatoms. The molecule has 2 heterocycles. The standard InChI is InChI=1S/C10H19N3O3S/c1-2-12-17(15,16)13-5-3-10(4-6-13)7-9(14)11-8-10/h12H,2-8H2,1H3,(H,11,14). The van der Waals surface area contributed by atoms with E-state index < -0.39 is 10.2 Å². The lowest BCUT2D eigenvalue weighted by atomic mass is 9.78. The molecule has 0 radical (unpaired) electrons. The van der Waals surface area contributed by atoms with Crippen LogP contribution in [0.25, 0.3) is 0 Å². The Morgan fingerprint density at radius 1 is 1.41 bits per heavy atom. The first kappa shape index (κ1) is 12.8. The van der Waals surface area contributed by atoms with Crippen LogP contribution in [0.3, 0.4) is 0 Å². The molecule has 0 atom stereocenters. The van der Waals surface area contributed by atoms with E-state index in [0.717, 1.165) is 12.8 Å². The van der Waals surface area contributed by atoms with E-state index in [1.165, 1.54) is 4.31 Å². The Balaban J connectivity index is 1.97. The Bertz CT molecular complexity index is 399. The highest BCUT2D eigenvalue weighted by atomic mass is 32.2. The molecule has 2 aliphatic heterocycles. The minimum absolute atomic E-state index is 0.00464. The van der Waals surface area contributed by atoms with E-state index in [9.17, 15) is 13.2 Å². The van der Waals surface area contributed by atoms with Crippen LogP contribution in [0.1, 0.15) is 26.2 Å². The van der Waals surface area contributed by atoms with Crippen LogP contribution in [-0.4, -0.2) is 44.8 Å². The van der Waals surface area contributed by atoms with Crippen LogP contribution in [0.4, 0.5) is 0 Å². The number of rotatable bonds is 3. The first-order valence-corrected chi connectivity index (χ1v) is 7.43. The van der Waals surface area contributed by atoms with Crippen LogP contribution >= 0.6 is 0 Å². The Morgan fingerprint density at radius 2 is 2.06 bits per heavy atom. The first-order valence-electron chi connectivity index (χ1n) is 5.99. The van der Waals surface area contributed by atoms with Crippen molar-refractivity contribution in [1.82, 2.24) is 14.3 Å². The molecule has 2 N–H and O–H groups in total. The molecule has 2 rings (SSSR count). The lowest BCUT2D eigenvalue weighted by Crippen LogP contribution is -2.48. The molecular weight excluding hydrogens is 242 g/mol. The van der Waals surface area contributed by atoms with E-state index in [1.807, 2.05) is 0 Å². The van der Waals surface area contributed by atoms with Gasteiger partial charge in [0, 0.05) is 32.6 Å². The minimum Gasteiger partial charge on any atom is -0.356 e. The van der Waals surface area contributed by atoms with Crippen molar-refractivity contribution in [3.8, 4) is 0 Å². The zero-order chi connectivity index (χ0) is 12.5. The topological polar surface area (TPSA) is 78.5 Å². The predicted octanol–water partition coefficient (Wildman–Crippen LogP) is -0.557. The average Bonchev–Trinajstić information content (AvgIpc) is 2.60. The second kappa shape index (κ2) is 4.55. The van der Waals surface area contributed by atoms with Crippen LogP contribution in [0, 0.1) is 5.41 Å². The number of carbonyl (C=O) groups excluding carboxylic acids is 1. The number of amides is 1. The van der Waals surface area contributed by atoms with E-state index in [1.54, 1.807) is 6.92 Å². The van der Waals surface area contributed by atoms with Gasteiger partial charge in [-0.05, 0) is 18.3 Å². The van der Waals surface area contributed by atoms with Crippen LogP contribution in [0.2, 0.25) is 0 Å². The Labute approximate surface area is 102 Å². The smallest absolute Gasteiger partial charge is 0.279 e. The zero-order valence-electron chi connectivity index (χ0n) is 10.0. The van der Waals surface area contributed by atoms with Gasteiger partial charge in [0.1, 0.15) is 0 Å². The zero-order valence-corrected chi connectivity index (χ0v) is 10.8. The van der Waals surface area contributed by atoms with E-state index in [-0.39, 0.29) is 11.3 Å². The van der Waals surface area contributed by atoms with Crippen molar-refractivity contribution in [2.75, 3.05) is 26.2 Å². The largest absolute Gasteiger partial charge is 0.356 e. The highest BCUT2D eigenvalue weighted by molar-refractivity contribution is 7.87. The van der Waals surface area contributed by atoms with Gasteiger partial charge in [-0.2, -0.15) is 12.7 Å². The lowest BCUT2D eigenvalue weighted by molar-refractivity contribution is -0.119. The molecule has 0 bridgehead atoms. The molecule has 0 aromatic rings. The summed E-state index contributed by atoms with van der Waals surface area (Å²) < 4.78 is 27.5. The van der Waals surface area contributed by atoms with Crippen LogP contribution in [0.5, 0.6) is 0 Å². The quantitative estimate of drug-likeness (QED) is 0.715. The van der Waals surface area contributed by atoms with Crippen molar-refractivity contribution in [2.24, 2.45) is 5.41 Å². The third-order valence-corrected chi connectivity index (χ3v) is 5.34. The summed E-state index contributed by atoms with van der Waals surface area (Å²) in [5, 5.41) is 2.84. The molecule has 0 aliphatic carbocycles. The number of nitrogens with one attached hydrogen (secondary N) is 2. The summed E-state index contributed by atoms with van der Waals surface area (Å²) in [4.78, 5) is 11.2. The number of hydrogen-bond donors (Lipinski definition) is 2. The maximum absolute atomic E-state index is 11.8. The third kappa shape index (κ3) is 2.61. The number of carbonyl (C=O) groups is 1. The van der Waals surface area contributed by atoms with E-state index >= 15 is 0 Å². The Morgan fingerprint density at radius 3 is 2.53 bits per heavy atom. The molecule has 2 fully saturated rings. The predicted molar refractivity (Wildman–Crippen MR) is 63.5 cm³/mol. The maximum Gasteiger partial charge on any atom is 0.279 e. The van der Waals surface area contributed by atoms with Crippen molar-refractivity contribution in [3.05, 3.63) is 0 Å². The number of nitrogens with zero attached hydrogens (tertiary/aromatic N) is 1. The van der Waals surface area contributed by atoms with Gasteiger partial charge in [0.2, 0.25) is 5.91 Å². The molecule has 0 unspecified atom stereocenters. The third-order valence-electron chi connectivity index (χ3n) is 3.65. The fraction of sp³-hybridized carbons (Fsp3) is 0.900. The second-order valence-corrected chi connectivity index (χ2v) is 6.61. The molecule has 6 nitrogen and oxygen atoms in total. The Hall–Kier alpha value is -0.660. The molecule has 1 spiro atoms. The lowest BCUT2D eigenvalue weighted by Gasteiger charge is -2.37. The van der Waals surface area contributed by atoms with Gasteiger partial charge in [-0.3, -0.25) is 4.79 Å². The summed E-state index contributed by atoms with van der Waals surface area (Å²) >= 11 is 0. The van der Waals surface area contributed by atoms with Crippen molar-refractivity contribution in [3.63, 3.8) is 0 Å². The molecule has 2 aliphatic rings. The van der Waals surface area contributed by atoms with Crippen LogP contribution in [0.15, 0.2) is 0 Å². The van der Waals surface area contributed by atoms with Crippen molar-refractivity contribution in [2.45, 2.75) is 26.2 Å². The van der Waals surface area contributed by atoms with E-state index in [0.29, 0.717) is 32.6 Å². The second-order valence-electron chi connectivity index (χ2n) is 4.86. The minimum atomic E-state index is -3.32. The molecular formula is C10H19N3O3S. The van der Waals surface area contributed by atoms with Crippen molar-refractivity contribution < 1.29 is 13.2 Å². The summed E-state index contributed by atoms with van der Waals surface area (Å²) in [6.07, 6.45) is 2.06. The molecule has 2 saturated heterocycles. The van der Waals surface area contributed by atoms with Crippen molar-refractivity contribution >= 4 is 16.1 Å². The van der Waals surface area contributed by atoms with Crippen molar-refractivity contribution in [1.29, 1.82) is 0 Å². The van der Waals surface area contributed by atoms with Gasteiger partial charge in [-0.25, -0.2) is 4.72 Å². The number of piperidine rings is 1. The fourth-order valence-electron chi connectivity index (χ4n) is 2.58. The van der Waals surface area contributed by atoms with Gasteiger partial charge in [0.05, 0.1) is 0 Å². The summed E-state index contributed by atoms with van der Waals surface area (Å²) in [7, 11) is -3.32. The average molecular weight is 261 g/mol. The van der Waals surface area contributed by atoms with Gasteiger partial charge in [-0.1, -0.05) is 6.92 Å². The summed E-state index contributed by atoms with van der Waals surface area (Å²) in [6, 6.07) is 0. The SMILES string of the molecule is CCNS(=O)(=O)N1CCC2(CC1)CNC(=O)C2. The Kier molecular flexibility index (Phi) is 3.42. The molecule has 98 valence electrons. The highest BCUT2D eigenvalue weighted by Gasteiger charge is 2.42. The monoisotopic (exact) mass is 261 g/mol. The molecule has 1 amide bonds. The first-order chi connectivity index (χ1) is 7.97.